The Morgan fingerprint density at radius 1 is 1.19 bits per heavy atom. The van der Waals surface area contributed by atoms with Crippen molar-refractivity contribution in [3.63, 3.8) is 0 Å². The Hall–Kier alpha value is -1.54. The highest BCUT2D eigenvalue weighted by Gasteiger charge is 2.07. The molecular formula is C13H13ClN2. The van der Waals surface area contributed by atoms with Gasteiger partial charge in [-0.05, 0) is 18.6 Å². The summed E-state index contributed by atoms with van der Waals surface area (Å²) < 4.78 is 1.68. The third kappa shape index (κ3) is 2.17. The van der Waals surface area contributed by atoms with E-state index in [9.17, 15) is 0 Å². The smallest absolute Gasteiger partial charge is 0.134 e. The second kappa shape index (κ2) is 4.54. The summed E-state index contributed by atoms with van der Waals surface area (Å²) in [6, 6.07) is 10.1. The third-order valence-electron chi connectivity index (χ3n) is 2.44. The van der Waals surface area contributed by atoms with Crippen LogP contribution < -0.4 is 0 Å². The highest BCUT2D eigenvalue weighted by Crippen LogP contribution is 2.21. The summed E-state index contributed by atoms with van der Waals surface area (Å²) in [5.41, 5.74) is 3.08. The van der Waals surface area contributed by atoms with Crippen molar-refractivity contribution in [3.8, 4) is 0 Å². The molecule has 0 unspecified atom stereocenters. The largest absolute Gasteiger partial charge is 0.256 e. The average Bonchev–Trinajstić information content (AvgIpc) is 2.53. The zero-order valence-corrected chi connectivity index (χ0v) is 10.1. The zero-order chi connectivity index (χ0) is 11.5. The molecule has 0 radical (unpaired) electrons. The lowest BCUT2D eigenvalue weighted by Gasteiger charge is -1.93. The van der Waals surface area contributed by atoms with Crippen LogP contribution in [0.5, 0.6) is 0 Å². The van der Waals surface area contributed by atoms with Gasteiger partial charge < -0.3 is 0 Å². The van der Waals surface area contributed by atoms with Crippen molar-refractivity contribution in [1.82, 2.24) is 9.78 Å². The summed E-state index contributed by atoms with van der Waals surface area (Å²) >= 11 is 6.13. The molecule has 2 aromatic rings. The lowest BCUT2D eigenvalue weighted by atomic mass is 10.1. The molecule has 1 aromatic carbocycles. The van der Waals surface area contributed by atoms with Crippen LogP contribution in [0.15, 0.2) is 30.3 Å². The molecule has 0 N–H and O–H groups in total. The van der Waals surface area contributed by atoms with E-state index in [4.69, 9.17) is 11.6 Å². The second-order valence-corrected chi connectivity index (χ2v) is 4.02. The first-order valence-electron chi connectivity index (χ1n) is 5.10. The number of hydrogen-bond donors (Lipinski definition) is 0. The van der Waals surface area contributed by atoms with Gasteiger partial charge in [0.15, 0.2) is 0 Å². The van der Waals surface area contributed by atoms with Gasteiger partial charge in [-0.15, -0.1) is 0 Å². The van der Waals surface area contributed by atoms with E-state index in [1.165, 1.54) is 0 Å². The summed E-state index contributed by atoms with van der Waals surface area (Å²) in [5, 5.41) is 4.93. The lowest BCUT2D eigenvalue weighted by molar-refractivity contribution is 0.757. The molecule has 2 rings (SSSR count). The summed E-state index contributed by atoms with van der Waals surface area (Å²) in [7, 11) is 1.84. The van der Waals surface area contributed by atoms with Crippen molar-refractivity contribution in [1.29, 1.82) is 0 Å². The van der Waals surface area contributed by atoms with E-state index in [1.54, 1.807) is 4.68 Å². The van der Waals surface area contributed by atoms with Gasteiger partial charge in [-0.2, -0.15) is 5.10 Å². The molecule has 0 bridgehead atoms. The molecule has 82 valence electrons. The van der Waals surface area contributed by atoms with Crippen LogP contribution in [0.3, 0.4) is 0 Å². The Kier molecular flexibility index (Phi) is 3.11. The van der Waals surface area contributed by atoms with Crippen molar-refractivity contribution in [2.24, 2.45) is 7.05 Å². The van der Waals surface area contributed by atoms with Crippen molar-refractivity contribution >= 4 is 23.8 Å². The van der Waals surface area contributed by atoms with Gasteiger partial charge in [0.2, 0.25) is 0 Å². The summed E-state index contributed by atoms with van der Waals surface area (Å²) in [4.78, 5) is 0. The number of aryl methyl sites for hydroxylation is 2. The number of aromatic nitrogens is 2. The molecule has 0 aliphatic rings. The predicted molar refractivity (Wildman–Crippen MR) is 68.3 cm³/mol. The van der Waals surface area contributed by atoms with Gasteiger partial charge in [0.05, 0.1) is 5.69 Å². The van der Waals surface area contributed by atoms with Gasteiger partial charge >= 0.3 is 0 Å². The molecule has 1 aromatic heterocycles. The Labute approximate surface area is 100 Å². The van der Waals surface area contributed by atoms with E-state index in [0.29, 0.717) is 5.15 Å². The highest BCUT2D eigenvalue weighted by atomic mass is 35.5. The Morgan fingerprint density at radius 3 is 2.44 bits per heavy atom. The summed E-state index contributed by atoms with van der Waals surface area (Å²) in [6.07, 6.45) is 4.04. The molecule has 0 fully saturated rings. The van der Waals surface area contributed by atoms with Crippen molar-refractivity contribution in [2.45, 2.75) is 6.92 Å². The minimum absolute atomic E-state index is 0.671. The van der Waals surface area contributed by atoms with Crippen molar-refractivity contribution < 1.29 is 0 Å². The van der Waals surface area contributed by atoms with Crippen molar-refractivity contribution in [3.05, 3.63) is 52.3 Å². The minimum Gasteiger partial charge on any atom is -0.256 e. The highest BCUT2D eigenvalue weighted by molar-refractivity contribution is 6.31. The number of hydrogen-bond acceptors (Lipinski definition) is 1. The van der Waals surface area contributed by atoms with Gasteiger partial charge in [0, 0.05) is 12.6 Å². The molecule has 2 nitrogen and oxygen atoms in total. The summed E-state index contributed by atoms with van der Waals surface area (Å²) in [6.45, 7) is 1.95. The molecule has 0 atom stereocenters. The quantitative estimate of drug-likeness (QED) is 0.774. The van der Waals surface area contributed by atoms with Gasteiger partial charge in [-0.25, -0.2) is 0 Å². The van der Waals surface area contributed by atoms with E-state index in [2.05, 4.69) is 17.2 Å². The van der Waals surface area contributed by atoms with Gasteiger partial charge in [-0.1, -0.05) is 48.0 Å². The fourth-order valence-electron chi connectivity index (χ4n) is 1.58. The standard InChI is InChI=1S/C13H13ClN2/c1-10-12(13(14)16(2)15-10)9-8-11-6-4-3-5-7-11/h3-9H,1-2H3. The third-order valence-corrected chi connectivity index (χ3v) is 2.89. The number of rotatable bonds is 2. The molecule has 0 aliphatic carbocycles. The first kappa shape index (κ1) is 11.0. The second-order valence-electron chi connectivity index (χ2n) is 3.66. The number of halogens is 1. The SMILES string of the molecule is Cc1nn(C)c(Cl)c1C=Cc1ccccc1. The molecule has 0 saturated carbocycles. The topological polar surface area (TPSA) is 17.8 Å². The van der Waals surface area contributed by atoms with E-state index >= 15 is 0 Å². The maximum absolute atomic E-state index is 6.13. The van der Waals surface area contributed by atoms with Crippen LogP contribution in [0.1, 0.15) is 16.8 Å². The maximum atomic E-state index is 6.13. The monoisotopic (exact) mass is 232 g/mol. The van der Waals surface area contributed by atoms with Crippen molar-refractivity contribution in [2.75, 3.05) is 0 Å². The van der Waals surface area contributed by atoms with Crippen LogP contribution in [0, 0.1) is 6.92 Å². The molecule has 0 saturated heterocycles. The van der Waals surface area contributed by atoms with Crippen LogP contribution >= 0.6 is 11.6 Å². The van der Waals surface area contributed by atoms with E-state index in [1.807, 2.05) is 44.3 Å². The lowest BCUT2D eigenvalue weighted by Crippen LogP contribution is -1.88. The first-order chi connectivity index (χ1) is 7.68. The zero-order valence-electron chi connectivity index (χ0n) is 9.31. The molecule has 16 heavy (non-hydrogen) atoms. The van der Waals surface area contributed by atoms with Gasteiger partial charge in [-0.3, -0.25) is 4.68 Å². The molecule has 0 aliphatic heterocycles. The van der Waals surface area contributed by atoms with Crippen LogP contribution in [0.25, 0.3) is 12.2 Å². The van der Waals surface area contributed by atoms with Crippen LogP contribution in [-0.4, -0.2) is 9.78 Å². The normalized spacial score (nSPS) is 11.2. The van der Waals surface area contributed by atoms with E-state index < -0.39 is 0 Å². The van der Waals surface area contributed by atoms with E-state index in [0.717, 1.165) is 16.8 Å². The van der Waals surface area contributed by atoms with E-state index in [-0.39, 0.29) is 0 Å². The Balaban J connectivity index is 2.31. The molecule has 0 spiro atoms. The van der Waals surface area contributed by atoms with Crippen LogP contribution in [0.4, 0.5) is 0 Å². The van der Waals surface area contributed by atoms with Crippen LogP contribution in [0.2, 0.25) is 5.15 Å². The fraction of sp³-hybridized carbons (Fsp3) is 0.154. The van der Waals surface area contributed by atoms with Crippen LogP contribution in [-0.2, 0) is 7.05 Å². The van der Waals surface area contributed by atoms with Gasteiger partial charge in [0.25, 0.3) is 0 Å². The Bertz CT molecular complexity index is 512. The maximum Gasteiger partial charge on any atom is 0.134 e. The molecular weight excluding hydrogens is 220 g/mol. The summed E-state index contributed by atoms with van der Waals surface area (Å²) in [5.74, 6) is 0. The fourth-order valence-corrected chi connectivity index (χ4v) is 1.82. The number of benzene rings is 1. The Morgan fingerprint density at radius 2 is 1.88 bits per heavy atom. The average molecular weight is 233 g/mol. The predicted octanol–water partition coefficient (Wildman–Crippen LogP) is 3.55. The molecule has 0 amide bonds. The minimum atomic E-state index is 0.671. The first-order valence-corrected chi connectivity index (χ1v) is 5.48. The van der Waals surface area contributed by atoms with Gasteiger partial charge in [0.1, 0.15) is 5.15 Å². The molecule has 3 heteroatoms. The molecule has 1 heterocycles. The number of nitrogens with zero attached hydrogens (tertiary/aromatic N) is 2.